The van der Waals surface area contributed by atoms with E-state index >= 15 is 0 Å². The van der Waals surface area contributed by atoms with Crippen molar-refractivity contribution >= 4 is 47.7 Å². The molecule has 0 radical (unpaired) electrons. The van der Waals surface area contributed by atoms with E-state index in [1.807, 2.05) is 94.3 Å². The van der Waals surface area contributed by atoms with Crippen molar-refractivity contribution in [3.63, 3.8) is 0 Å². The molecule has 4 aromatic carbocycles. The van der Waals surface area contributed by atoms with E-state index in [2.05, 4.69) is 36.4 Å². The Balaban J connectivity index is 0.000000175. The Morgan fingerprint density at radius 1 is 0.517 bits per heavy atom. The summed E-state index contributed by atoms with van der Waals surface area (Å²) in [7, 11) is 3.22. The molecular weight excluding hydrogens is 1130 g/mol. The fraction of sp³-hybridized carbons (Fsp3) is 0.486. The van der Waals surface area contributed by atoms with Gasteiger partial charge in [-0.15, -0.1) is 0 Å². The maximum atomic E-state index is 13.7. The first-order chi connectivity index (χ1) is 43.3. The minimum absolute atomic E-state index is 0.00451. The van der Waals surface area contributed by atoms with E-state index in [1.165, 1.54) is 0 Å². The van der Waals surface area contributed by atoms with Crippen molar-refractivity contribution in [3.05, 3.63) is 135 Å². The van der Waals surface area contributed by atoms with Crippen LogP contribution in [0.4, 0.5) is 5.69 Å². The van der Waals surface area contributed by atoms with Crippen LogP contribution in [0, 0.1) is 13.8 Å². The number of amides is 4. The van der Waals surface area contributed by atoms with Gasteiger partial charge in [-0.3, -0.25) is 24.2 Å². The van der Waals surface area contributed by atoms with E-state index in [0.29, 0.717) is 91.3 Å². The summed E-state index contributed by atoms with van der Waals surface area (Å²) in [5.74, 6) is 4.22. The summed E-state index contributed by atoms with van der Waals surface area (Å²) in [6.07, 6.45) is 24.5. The monoisotopic (exact) mass is 1210 g/mol. The number of carbonyl (C=O) groups is 4. The van der Waals surface area contributed by atoms with Gasteiger partial charge in [-0.1, -0.05) is 48.6 Å². The molecule has 470 valence electrons. The second-order valence-electron chi connectivity index (χ2n) is 25.1. The molecule has 0 saturated carbocycles. The highest BCUT2D eigenvalue weighted by atomic mass is 16.7. The number of aryl methyl sites for hydroxylation is 2. The van der Waals surface area contributed by atoms with Crippen molar-refractivity contribution in [3.8, 4) is 34.5 Å². The molecule has 0 bridgehead atoms. The van der Waals surface area contributed by atoms with Crippen molar-refractivity contribution in [1.82, 2.24) is 19.6 Å². The largest absolute Gasteiger partial charge is 0.493 e. The summed E-state index contributed by atoms with van der Waals surface area (Å²) in [6.45, 7) is 17.9. The molecule has 2 unspecified atom stereocenters. The van der Waals surface area contributed by atoms with Gasteiger partial charge in [-0.05, 0) is 180 Å². The van der Waals surface area contributed by atoms with Crippen LogP contribution in [0.2, 0.25) is 0 Å². The number of rotatable bonds is 20. The Morgan fingerprint density at radius 3 is 1.62 bits per heavy atom. The molecule has 6 atom stereocenters. The number of ether oxygens (including phenoxy) is 8. The first-order valence-electron chi connectivity index (χ1n) is 32.3. The molecule has 4 amide bonds. The number of methoxy groups -OCH3 is 2. The molecule has 17 nitrogen and oxygen atoms in total. The van der Waals surface area contributed by atoms with Gasteiger partial charge in [0.25, 0.3) is 23.6 Å². The minimum atomic E-state index is -0.224. The van der Waals surface area contributed by atoms with Crippen LogP contribution in [0.15, 0.2) is 90.0 Å². The van der Waals surface area contributed by atoms with Crippen LogP contribution >= 0.6 is 0 Å². The van der Waals surface area contributed by atoms with Crippen molar-refractivity contribution in [1.29, 1.82) is 0 Å². The van der Waals surface area contributed by atoms with Crippen LogP contribution in [-0.2, 0) is 15.9 Å². The molecule has 89 heavy (non-hydrogen) atoms. The molecule has 9 aliphatic heterocycles. The van der Waals surface area contributed by atoms with Gasteiger partial charge in [-0.25, -0.2) is 0 Å². The average molecular weight is 1210 g/mol. The van der Waals surface area contributed by atoms with Gasteiger partial charge < -0.3 is 57.5 Å². The fourth-order valence-electron chi connectivity index (χ4n) is 14.0. The van der Waals surface area contributed by atoms with Gasteiger partial charge in [-0.2, -0.15) is 0 Å². The van der Waals surface area contributed by atoms with E-state index in [9.17, 15) is 19.2 Å². The normalized spacial score (nSPS) is 23.0. The second-order valence-corrected chi connectivity index (χ2v) is 25.1. The van der Waals surface area contributed by atoms with Crippen LogP contribution in [-0.4, -0.2) is 159 Å². The highest BCUT2D eigenvalue weighted by Gasteiger charge is 2.43. The molecular formula is C72H85N5O12. The van der Waals surface area contributed by atoms with E-state index in [-0.39, 0.29) is 60.2 Å². The van der Waals surface area contributed by atoms with Crippen molar-refractivity contribution in [2.24, 2.45) is 4.99 Å². The number of hydrogen-bond acceptors (Lipinski definition) is 13. The summed E-state index contributed by atoms with van der Waals surface area (Å²) in [5, 5.41) is 0. The first kappa shape index (κ1) is 61.4. The Morgan fingerprint density at radius 2 is 1.04 bits per heavy atom. The van der Waals surface area contributed by atoms with Gasteiger partial charge in [0.1, 0.15) is 11.5 Å². The third-order valence-electron chi connectivity index (χ3n) is 18.8. The molecule has 9 heterocycles. The van der Waals surface area contributed by atoms with Crippen LogP contribution < -0.4 is 28.4 Å². The van der Waals surface area contributed by atoms with Crippen molar-refractivity contribution < 1.29 is 57.1 Å². The molecule has 0 aromatic heterocycles. The number of hydrogen-bond donors (Lipinski definition) is 0. The maximum absolute atomic E-state index is 13.7. The maximum Gasteiger partial charge on any atom is 0.256 e. The zero-order chi connectivity index (χ0) is 61.7. The molecule has 13 rings (SSSR count). The second kappa shape index (κ2) is 27.5. The lowest BCUT2D eigenvalue weighted by Gasteiger charge is -2.33. The first-order valence-corrected chi connectivity index (χ1v) is 32.3. The SMILES string of the molecule is C=C1CC2[C@H](OC3CCCCO3)Cc3cc(OCCCCCOc4cc5c(cc4OC)C(=O)N4CCC[C@H]4C=C5)c(C)cc3C(=O)N2C1.C=C1C[C@H]2C=Nc3cc(OCCCCCOc4cc5c(cc4OC)C(=O)N4CCC[C@H]4C=C5)c(C)cc3C(=O)N2C1. The minimum Gasteiger partial charge on any atom is -0.493 e. The Kier molecular flexibility index (Phi) is 18.9. The Bertz CT molecular complexity index is 3470. The smallest absolute Gasteiger partial charge is 0.256 e. The summed E-state index contributed by atoms with van der Waals surface area (Å²) in [4.78, 5) is 65.4. The number of unbranched alkanes of at least 4 members (excludes halogenated alkanes) is 4. The van der Waals surface area contributed by atoms with Crippen LogP contribution in [0.25, 0.3) is 12.2 Å². The topological polar surface area (TPSA) is 167 Å². The van der Waals surface area contributed by atoms with Gasteiger partial charge in [0, 0.05) is 57.1 Å². The highest BCUT2D eigenvalue weighted by Crippen LogP contribution is 2.41. The standard InChI is InChI=1S/C39H48N2O7.C33H37N3O5/c1-25-18-32-34(48-37-11-5-8-17-47-37)22-28-21-33(26(2)19-30(28)39(43)41(32)24-25)45-15-6-4-7-16-46-36-20-27-12-13-29-10-9-14-40(29)38(42)31(27)23-35(36)44-3;1-21-14-25-19-34-28-18-29(22(2)15-27(28)33(38)36(25)20-21)40-12-5-4-6-13-41-31-16-23-9-10-24-8-7-11-35(24)32(37)26(23)17-30(31)39-3/h12-13,19-21,23,29,32,34,37H,1,4-11,14-18,22,24H2,2-3H3;9-10,15-19,24-25H,1,4-8,11-14,20H2,2-3H3/t29-,32?,34+,37?;24-,25-/m00/s1. The molecule has 5 saturated heterocycles. The number of benzene rings is 4. The highest BCUT2D eigenvalue weighted by molar-refractivity contribution is 6.04. The quantitative estimate of drug-likeness (QED) is 0.0608. The van der Waals surface area contributed by atoms with Gasteiger partial charge in [0.2, 0.25) is 0 Å². The van der Waals surface area contributed by atoms with E-state index in [4.69, 9.17) is 37.9 Å². The summed E-state index contributed by atoms with van der Waals surface area (Å²) in [6, 6.07) is 15.6. The molecule has 4 aromatic rings. The third-order valence-corrected chi connectivity index (χ3v) is 18.8. The summed E-state index contributed by atoms with van der Waals surface area (Å²) in [5.41, 5.74) is 10.1. The van der Waals surface area contributed by atoms with E-state index in [1.54, 1.807) is 14.2 Å². The third kappa shape index (κ3) is 13.4. The summed E-state index contributed by atoms with van der Waals surface area (Å²) >= 11 is 0. The van der Waals surface area contributed by atoms with Gasteiger partial charge >= 0.3 is 0 Å². The van der Waals surface area contributed by atoms with Crippen molar-refractivity contribution in [2.75, 3.05) is 73.4 Å². The molecule has 0 aliphatic carbocycles. The number of carbonyl (C=O) groups excluding carboxylic acids is 4. The predicted molar refractivity (Wildman–Crippen MR) is 342 cm³/mol. The van der Waals surface area contributed by atoms with Gasteiger partial charge in [0.05, 0.1) is 93.3 Å². The lowest BCUT2D eigenvalue weighted by atomic mass is 9.96. The van der Waals surface area contributed by atoms with Crippen molar-refractivity contribution in [2.45, 2.75) is 153 Å². The fourth-order valence-corrected chi connectivity index (χ4v) is 14.0. The summed E-state index contributed by atoms with van der Waals surface area (Å²) < 4.78 is 48.3. The lowest BCUT2D eigenvalue weighted by Crippen LogP contribution is -2.44. The van der Waals surface area contributed by atoms with E-state index in [0.717, 1.165) is 172 Å². The predicted octanol–water partition coefficient (Wildman–Crippen LogP) is 12.3. The molecule has 0 N–H and O–H groups in total. The zero-order valence-electron chi connectivity index (χ0n) is 52.2. The van der Waals surface area contributed by atoms with E-state index < -0.39 is 0 Å². The number of fused-ring (bicyclic) bond motifs is 8. The molecule has 9 aliphatic rings. The Labute approximate surface area is 523 Å². The molecule has 0 spiro atoms. The zero-order valence-corrected chi connectivity index (χ0v) is 52.2. The Hall–Kier alpha value is -7.89. The molecule has 5 fully saturated rings. The van der Waals surface area contributed by atoms with Gasteiger partial charge in [0.15, 0.2) is 29.3 Å². The van der Waals surface area contributed by atoms with Crippen LogP contribution in [0.3, 0.4) is 0 Å². The number of nitrogens with zero attached hydrogens (tertiary/aromatic N) is 5. The molecule has 17 heteroatoms. The lowest BCUT2D eigenvalue weighted by molar-refractivity contribution is -0.196. The average Bonchev–Trinajstić information content (AvgIpc) is 1.77. The van der Waals surface area contributed by atoms with Crippen LogP contribution in [0.1, 0.15) is 166 Å². The van der Waals surface area contributed by atoms with Crippen LogP contribution in [0.5, 0.6) is 34.5 Å². The number of aliphatic imine (C=N–C) groups is 1.